The van der Waals surface area contributed by atoms with Gasteiger partial charge < -0.3 is 25.5 Å². The van der Waals surface area contributed by atoms with Gasteiger partial charge in [0, 0.05) is 35.8 Å². The molecule has 0 amide bonds. The lowest BCUT2D eigenvalue weighted by atomic mass is 9.85. The number of rotatable bonds is 10. The van der Waals surface area contributed by atoms with Crippen LogP contribution in [0.4, 0.5) is 5.69 Å². The number of ether oxygens (including phenoxy) is 1. The number of anilines is 1. The van der Waals surface area contributed by atoms with Gasteiger partial charge in [-0.15, -0.1) is 0 Å². The second-order valence-electron chi connectivity index (χ2n) is 7.12. The Bertz CT molecular complexity index is 1030. The van der Waals surface area contributed by atoms with E-state index in [0.29, 0.717) is 29.8 Å². The Kier molecular flexibility index (Phi) is 6.71. The number of nitrogen functional groups attached to an aromatic ring is 1. The summed E-state index contributed by atoms with van der Waals surface area (Å²) in [5.74, 6) is -1.03. The van der Waals surface area contributed by atoms with Crippen molar-refractivity contribution in [2.45, 2.75) is 32.0 Å². The zero-order chi connectivity index (χ0) is 22.4. The third-order valence-electron chi connectivity index (χ3n) is 5.23. The molecule has 0 aliphatic carbocycles. The molecule has 1 aromatic heterocycles. The number of nitrogens with zero attached hydrogens (tertiary/aromatic N) is 2. The highest BCUT2D eigenvalue weighted by molar-refractivity contribution is 5.95. The highest BCUT2D eigenvalue weighted by Crippen LogP contribution is 2.33. The molecule has 3 aromatic rings. The van der Waals surface area contributed by atoms with Crippen molar-refractivity contribution in [1.82, 2.24) is 9.55 Å². The molecule has 0 bridgehead atoms. The Balaban J connectivity index is 2.01. The van der Waals surface area contributed by atoms with Crippen molar-refractivity contribution < 1.29 is 14.6 Å². The number of aliphatic carboxylic acids is 1. The van der Waals surface area contributed by atoms with E-state index < -0.39 is 17.7 Å². The fourth-order valence-electron chi connectivity index (χ4n) is 3.55. The van der Waals surface area contributed by atoms with Crippen LogP contribution >= 0.6 is 0 Å². The normalized spacial score (nSPS) is 13.9. The minimum Gasteiger partial charge on any atom is -0.479 e. The summed E-state index contributed by atoms with van der Waals surface area (Å²) in [4.78, 5) is 16.6. The summed E-state index contributed by atoms with van der Waals surface area (Å²) in [7, 11) is 0. The molecule has 31 heavy (non-hydrogen) atoms. The van der Waals surface area contributed by atoms with Gasteiger partial charge in [0.15, 0.2) is 11.8 Å². The van der Waals surface area contributed by atoms with E-state index in [2.05, 4.69) is 10.3 Å². The van der Waals surface area contributed by atoms with E-state index in [9.17, 15) is 9.90 Å². The molecule has 5 N–H and O–H groups in total. The van der Waals surface area contributed by atoms with Gasteiger partial charge in [0.2, 0.25) is 0 Å². The van der Waals surface area contributed by atoms with Crippen molar-refractivity contribution in [2.24, 2.45) is 5.73 Å². The van der Waals surface area contributed by atoms with Crippen LogP contribution in [0.15, 0.2) is 67.3 Å². The molecule has 2 atom stereocenters. The van der Waals surface area contributed by atoms with Gasteiger partial charge in [-0.25, -0.2) is 9.78 Å². The van der Waals surface area contributed by atoms with Crippen molar-refractivity contribution in [3.63, 3.8) is 0 Å². The molecule has 8 heteroatoms. The summed E-state index contributed by atoms with van der Waals surface area (Å²) in [5.41, 5.74) is 6.80. The van der Waals surface area contributed by atoms with Crippen LogP contribution in [0.3, 0.4) is 0 Å². The lowest BCUT2D eigenvalue weighted by Crippen LogP contribution is -2.43. The summed E-state index contributed by atoms with van der Waals surface area (Å²) < 4.78 is 7.75. The van der Waals surface area contributed by atoms with Gasteiger partial charge in [-0.2, -0.15) is 0 Å². The standard InChI is InChI=1S/C23H27N5O3/c1-3-23(22(29)30,27-19-10-8-16(9-11-19)20(24)25)18-7-5-6-17(14-18)21(31-4-2)28-13-12-26-15-28/h5-15,21,27H,3-4H2,1-2H3,(H3,24,25)(H,29,30). The highest BCUT2D eigenvalue weighted by atomic mass is 16.5. The van der Waals surface area contributed by atoms with E-state index in [4.69, 9.17) is 15.9 Å². The van der Waals surface area contributed by atoms with Crippen molar-refractivity contribution >= 4 is 17.5 Å². The topological polar surface area (TPSA) is 126 Å². The molecule has 2 aromatic carbocycles. The lowest BCUT2D eigenvalue weighted by Gasteiger charge is -2.32. The molecule has 2 unspecified atom stereocenters. The number of nitrogens with one attached hydrogen (secondary N) is 2. The van der Waals surface area contributed by atoms with E-state index in [1.54, 1.807) is 42.9 Å². The summed E-state index contributed by atoms with van der Waals surface area (Å²) in [5, 5.41) is 20.9. The van der Waals surface area contributed by atoms with Crippen molar-refractivity contribution in [3.05, 3.63) is 83.9 Å². The Hall–Kier alpha value is -3.65. The maximum absolute atomic E-state index is 12.5. The molecule has 3 rings (SSSR count). The number of imidazole rings is 1. The smallest absolute Gasteiger partial charge is 0.334 e. The van der Waals surface area contributed by atoms with Crippen LogP contribution in [-0.2, 0) is 15.1 Å². The van der Waals surface area contributed by atoms with Crippen LogP contribution in [0.5, 0.6) is 0 Å². The molecular weight excluding hydrogens is 394 g/mol. The Morgan fingerprint density at radius 1 is 1.29 bits per heavy atom. The monoisotopic (exact) mass is 421 g/mol. The van der Waals surface area contributed by atoms with Crippen molar-refractivity contribution in [2.75, 3.05) is 11.9 Å². The van der Waals surface area contributed by atoms with Crippen LogP contribution in [0.25, 0.3) is 0 Å². The molecule has 0 aliphatic heterocycles. The molecule has 1 heterocycles. The Morgan fingerprint density at radius 3 is 2.58 bits per heavy atom. The third-order valence-corrected chi connectivity index (χ3v) is 5.23. The van der Waals surface area contributed by atoms with Gasteiger partial charge in [0.1, 0.15) is 5.84 Å². The third kappa shape index (κ3) is 4.59. The largest absolute Gasteiger partial charge is 0.479 e. The molecule has 162 valence electrons. The molecular formula is C23H27N5O3. The molecule has 8 nitrogen and oxygen atoms in total. The van der Waals surface area contributed by atoms with E-state index in [-0.39, 0.29) is 5.84 Å². The number of amidine groups is 1. The van der Waals surface area contributed by atoms with Crippen LogP contribution in [0, 0.1) is 5.41 Å². The lowest BCUT2D eigenvalue weighted by molar-refractivity contribution is -0.142. The first-order chi connectivity index (χ1) is 14.9. The highest BCUT2D eigenvalue weighted by Gasteiger charge is 2.39. The number of hydrogen-bond acceptors (Lipinski definition) is 5. The summed E-state index contributed by atoms with van der Waals surface area (Å²) >= 11 is 0. The number of hydrogen-bond donors (Lipinski definition) is 4. The van der Waals surface area contributed by atoms with Gasteiger partial charge >= 0.3 is 5.97 Å². The predicted octanol–water partition coefficient (Wildman–Crippen LogP) is 3.55. The van der Waals surface area contributed by atoms with Crippen LogP contribution in [-0.4, -0.2) is 33.1 Å². The summed E-state index contributed by atoms with van der Waals surface area (Å²) in [6, 6.07) is 14.2. The predicted molar refractivity (Wildman–Crippen MR) is 119 cm³/mol. The molecule has 0 saturated heterocycles. The van der Waals surface area contributed by atoms with E-state index in [1.807, 2.05) is 42.8 Å². The number of benzene rings is 2. The first kappa shape index (κ1) is 22.0. The van der Waals surface area contributed by atoms with Crippen LogP contribution in [0.1, 0.15) is 43.2 Å². The maximum atomic E-state index is 12.5. The number of carbonyl (C=O) groups is 1. The second-order valence-corrected chi connectivity index (χ2v) is 7.12. The van der Waals surface area contributed by atoms with E-state index in [0.717, 1.165) is 5.56 Å². The van der Waals surface area contributed by atoms with Crippen molar-refractivity contribution in [3.8, 4) is 0 Å². The SMILES string of the molecule is CCOC(c1cccc(C(CC)(Nc2ccc(C(=N)N)cc2)C(=O)O)c1)n1ccnc1. The Morgan fingerprint density at radius 2 is 2.03 bits per heavy atom. The van der Waals surface area contributed by atoms with Crippen LogP contribution < -0.4 is 11.1 Å². The molecule has 0 spiro atoms. The molecule has 0 radical (unpaired) electrons. The fourth-order valence-corrected chi connectivity index (χ4v) is 3.55. The summed E-state index contributed by atoms with van der Waals surface area (Å²) in [6.07, 6.45) is 5.06. The molecule has 0 fully saturated rings. The number of aromatic nitrogens is 2. The Labute approximate surface area is 181 Å². The minimum atomic E-state index is -1.35. The minimum absolute atomic E-state index is 0.0410. The van der Waals surface area contributed by atoms with Gasteiger partial charge in [0.05, 0.1) is 6.33 Å². The zero-order valence-corrected chi connectivity index (χ0v) is 17.6. The number of carboxylic acids is 1. The number of carboxylic acid groups (broad SMARTS) is 1. The van der Waals surface area contributed by atoms with E-state index in [1.165, 1.54) is 0 Å². The average Bonchev–Trinajstić information content (AvgIpc) is 3.30. The summed E-state index contributed by atoms with van der Waals surface area (Å²) in [6.45, 7) is 4.23. The van der Waals surface area contributed by atoms with Gasteiger partial charge in [-0.3, -0.25) is 5.41 Å². The zero-order valence-electron chi connectivity index (χ0n) is 17.6. The van der Waals surface area contributed by atoms with Gasteiger partial charge in [-0.1, -0.05) is 25.1 Å². The van der Waals surface area contributed by atoms with Gasteiger partial charge in [0.25, 0.3) is 0 Å². The van der Waals surface area contributed by atoms with Gasteiger partial charge in [-0.05, 0) is 49.2 Å². The van der Waals surface area contributed by atoms with Crippen molar-refractivity contribution in [1.29, 1.82) is 5.41 Å². The second kappa shape index (κ2) is 9.44. The molecule has 0 saturated carbocycles. The van der Waals surface area contributed by atoms with E-state index >= 15 is 0 Å². The maximum Gasteiger partial charge on any atom is 0.334 e. The molecule has 0 aliphatic rings. The number of nitrogens with two attached hydrogens (primary N) is 1. The first-order valence-electron chi connectivity index (χ1n) is 10.1. The quantitative estimate of drug-likeness (QED) is 0.293. The fraction of sp³-hybridized carbons (Fsp3) is 0.261. The van der Waals surface area contributed by atoms with Crippen LogP contribution in [0.2, 0.25) is 0 Å². The first-order valence-corrected chi connectivity index (χ1v) is 10.1. The average molecular weight is 422 g/mol.